The summed E-state index contributed by atoms with van der Waals surface area (Å²) in [7, 11) is 0. The van der Waals surface area contributed by atoms with Gasteiger partial charge in [-0.05, 0) is 92.9 Å². The minimum absolute atomic E-state index is 0.196. The van der Waals surface area contributed by atoms with E-state index in [1.807, 2.05) is 70.2 Å². The summed E-state index contributed by atoms with van der Waals surface area (Å²) >= 11 is 0. The van der Waals surface area contributed by atoms with Gasteiger partial charge in [0, 0.05) is 12.0 Å². The highest BCUT2D eigenvalue weighted by atomic mass is 16.6. The molecule has 236 valence electrons. The van der Waals surface area contributed by atoms with E-state index >= 15 is 0 Å². The number of carbonyl (C=O) groups is 4. The molecule has 0 spiro atoms. The summed E-state index contributed by atoms with van der Waals surface area (Å²) in [6.07, 6.45) is -0.547. The van der Waals surface area contributed by atoms with Crippen molar-refractivity contribution in [1.29, 1.82) is 0 Å². The first-order chi connectivity index (χ1) is 19.7. The summed E-state index contributed by atoms with van der Waals surface area (Å²) in [6.45, 7) is 19.4. The van der Waals surface area contributed by atoms with Gasteiger partial charge in [0.1, 0.15) is 29.3 Å². The molecule has 0 saturated carbocycles. The van der Waals surface area contributed by atoms with Crippen molar-refractivity contribution in [2.75, 3.05) is 0 Å². The van der Waals surface area contributed by atoms with Crippen LogP contribution >= 0.6 is 0 Å². The smallest absolute Gasteiger partial charge is 0.408 e. The van der Waals surface area contributed by atoms with Crippen molar-refractivity contribution in [3.63, 3.8) is 0 Å². The van der Waals surface area contributed by atoms with Crippen molar-refractivity contribution in [2.24, 2.45) is 0 Å². The van der Waals surface area contributed by atoms with Gasteiger partial charge in [0.05, 0.1) is 0 Å². The number of nitrogens with zero attached hydrogens (tertiary/aromatic N) is 1. The number of alkyl carbamates (subject to hydrolysis) is 1. The SMILES string of the molecule is Cc1ccccc1C(C(=O)NC(Cc1ccccc1)C(=O)OC(C)(C)C)N(C(=O)C(C)NC(=O)OC(C)(C)C)C(C)(C)C. The molecule has 0 aromatic heterocycles. The maximum Gasteiger partial charge on any atom is 0.408 e. The van der Waals surface area contributed by atoms with E-state index in [1.54, 1.807) is 60.6 Å². The zero-order valence-electron chi connectivity index (χ0n) is 27.5. The van der Waals surface area contributed by atoms with Crippen LogP contribution in [0.25, 0.3) is 0 Å². The third-order valence-corrected chi connectivity index (χ3v) is 6.34. The molecule has 9 heteroatoms. The van der Waals surface area contributed by atoms with E-state index in [0.717, 1.165) is 11.1 Å². The molecule has 2 rings (SSSR count). The van der Waals surface area contributed by atoms with Crippen LogP contribution in [0.1, 0.15) is 92.0 Å². The minimum atomic E-state index is -1.13. The number of nitrogens with one attached hydrogen (secondary N) is 2. The number of aryl methyl sites for hydroxylation is 1. The zero-order chi connectivity index (χ0) is 32.8. The lowest BCUT2D eigenvalue weighted by atomic mass is 9.92. The van der Waals surface area contributed by atoms with Crippen LogP contribution in [0.15, 0.2) is 54.6 Å². The highest BCUT2D eigenvalue weighted by Gasteiger charge is 2.42. The van der Waals surface area contributed by atoms with Crippen LogP contribution in [0.4, 0.5) is 4.79 Å². The maximum absolute atomic E-state index is 14.4. The highest BCUT2D eigenvalue weighted by Crippen LogP contribution is 2.32. The van der Waals surface area contributed by atoms with Crippen molar-refractivity contribution in [3.05, 3.63) is 71.3 Å². The lowest BCUT2D eigenvalue weighted by molar-refractivity contribution is -0.159. The number of hydrogen-bond acceptors (Lipinski definition) is 6. The topological polar surface area (TPSA) is 114 Å². The van der Waals surface area contributed by atoms with E-state index in [1.165, 1.54) is 4.90 Å². The molecule has 43 heavy (non-hydrogen) atoms. The number of rotatable bonds is 9. The standard InChI is InChI=1S/C34H49N3O6/c1-22-17-15-16-20-25(22)27(37(32(3,4)5)29(39)23(2)35-31(41)43-34(9,10)11)28(38)36-26(30(40)42-33(6,7)8)21-24-18-13-12-14-19-24/h12-20,23,26-27H,21H2,1-11H3,(H,35,41)(H,36,38). The fraction of sp³-hybridized carbons (Fsp3) is 0.529. The molecular formula is C34H49N3O6. The van der Waals surface area contributed by atoms with Gasteiger partial charge in [-0.15, -0.1) is 0 Å². The van der Waals surface area contributed by atoms with Gasteiger partial charge >= 0.3 is 12.1 Å². The largest absolute Gasteiger partial charge is 0.458 e. The van der Waals surface area contributed by atoms with E-state index in [4.69, 9.17) is 9.47 Å². The second-order valence-corrected chi connectivity index (χ2v) is 13.8. The van der Waals surface area contributed by atoms with E-state index < -0.39 is 58.7 Å². The molecule has 2 aromatic rings. The van der Waals surface area contributed by atoms with Gasteiger partial charge < -0.3 is 25.0 Å². The monoisotopic (exact) mass is 595 g/mol. The molecule has 0 heterocycles. The van der Waals surface area contributed by atoms with E-state index in [9.17, 15) is 19.2 Å². The van der Waals surface area contributed by atoms with E-state index in [-0.39, 0.29) is 6.42 Å². The number of ether oxygens (including phenoxy) is 2. The maximum atomic E-state index is 14.4. The van der Waals surface area contributed by atoms with Crippen LogP contribution in [-0.4, -0.2) is 57.6 Å². The van der Waals surface area contributed by atoms with Crippen LogP contribution in [0.2, 0.25) is 0 Å². The van der Waals surface area contributed by atoms with Crippen LogP contribution in [-0.2, 0) is 30.3 Å². The first-order valence-electron chi connectivity index (χ1n) is 14.6. The number of amides is 3. The second kappa shape index (κ2) is 14.1. The molecule has 0 aliphatic rings. The molecule has 2 aromatic carbocycles. The van der Waals surface area contributed by atoms with E-state index in [0.29, 0.717) is 5.56 Å². The molecule has 0 radical (unpaired) electrons. The van der Waals surface area contributed by atoms with Crippen LogP contribution in [0.3, 0.4) is 0 Å². The first kappa shape index (κ1) is 35.3. The lowest BCUT2D eigenvalue weighted by Gasteiger charge is -2.43. The Hall–Kier alpha value is -3.88. The Morgan fingerprint density at radius 3 is 1.81 bits per heavy atom. The number of hydrogen-bond donors (Lipinski definition) is 2. The van der Waals surface area contributed by atoms with Gasteiger partial charge in [-0.25, -0.2) is 9.59 Å². The van der Waals surface area contributed by atoms with Crippen LogP contribution in [0, 0.1) is 6.92 Å². The summed E-state index contributed by atoms with van der Waals surface area (Å²) in [5.41, 5.74) is -0.181. The molecule has 0 aliphatic heterocycles. The Labute approximate surface area is 256 Å². The minimum Gasteiger partial charge on any atom is -0.458 e. The first-order valence-corrected chi connectivity index (χ1v) is 14.6. The molecule has 9 nitrogen and oxygen atoms in total. The van der Waals surface area contributed by atoms with Gasteiger partial charge in [0.2, 0.25) is 11.8 Å². The van der Waals surface area contributed by atoms with Crippen molar-refractivity contribution in [1.82, 2.24) is 15.5 Å². The third kappa shape index (κ3) is 11.0. The summed E-state index contributed by atoms with van der Waals surface area (Å²) in [5.74, 6) is -1.62. The molecule has 3 unspecified atom stereocenters. The number of benzene rings is 2. The predicted molar refractivity (Wildman–Crippen MR) is 167 cm³/mol. The van der Waals surface area contributed by atoms with Crippen molar-refractivity contribution in [3.8, 4) is 0 Å². The molecule has 3 atom stereocenters. The van der Waals surface area contributed by atoms with Crippen LogP contribution in [0.5, 0.6) is 0 Å². The molecule has 0 bridgehead atoms. The predicted octanol–water partition coefficient (Wildman–Crippen LogP) is 5.65. The molecule has 2 N–H and O–H groups in total. The van der Waals surface area contributed by atoms with Gasteiger partial charge in [0.25, 0.3) is 0 Å². The number of esters is 1. The normalized spacial score (nSPS) is 14.1. The fourth-order valence-electron chi connectivity index (χ4n) is 4.56. The molecular weight excluding hydrogens is 546 g/mol. The summed E-state index contributed by atoms with van der Waals surface area (Å²) in [6, 6.07) is 13.5. The summed E-state index contributed by atoms with van der Waals surface area (Å²) in [5, 5.41) is 5.52. The molecule has 0 fully saturated rings. The second-order valence-electron chi connectivity index (χ2n) is 13.8. The van der Waals surface area contributed by atoms with Gasteiger partial charge in [-0.1, -0.05) is 54.6 Å². The Bertz CT molecular complexity index is 1270. The molecule has 0 aliphatic carbocycles. The lowest BCUT2D eigenvalue weighted by Crippen LogP contribution is -2.59. The molecule has 3 amide bonds. The average Bonchev–Trinajstić information content (AvgIpc) is 2.84. The van der Waals surface area contributed by atoms with Crippen molar-refractivity contribution >= 4 is 23.9 Å². The summed E-state index contributed by atoms with van der Waals surface area (Å²) < 4.78 is 11.0. The highest BCUT2D eigenvalue weighted by molar-refractivity contribution is 5.94. The fourth-order valence-corrected chi connectivity index (χ4v) is 4.56. The van der Waals surface area contributed by atoms with Crippen molar-refractivity contribution in [2.45, 2.75) is 117 Å². The van der Waals surface area contributed by atoms with E-state index in [2.05, 4.69) is 10.6 Å². The number of carbonyl (C=O) groups excluding carboxylic acids is 4. The Kier molecular flexibility index (Phi) is 11.5. The van der Waals surface area contributed by atoms with Crippen molar-refractivity contribution < 1.29 is 28.7 Å². The Morgan fingerprint density at radius 2 is 1.30 bits per heavy atom. The average molecular weight is 596 g/mol. The Balaban J connectivity index is 2.57. The summed E-state index contributed by atoms with van der Waals surface area (Å²) in [4.78, 5) is 55.9. The zero-order valence-corrected chi connectivity index (χ0v) is 27.5. The van der Waals surface area contributed by atoms with Gasteiger partial charge in [-0.2, -0.15) is 0 Å². The van der Waals surface area contributed by atoms with Crippen LogP contribution < -0.4 is 10.6 Å². The van der Waals surface area contributed by atoms with Gasteiger partial charge in [0.15, 0.2) is 0 Å². The third-order valence-electron chi connectivity index (χ3n) is 6.34. The van der Waals surface area contributed by atoms with Gasteiger partial charge in [-0.3, -0.25) is 9.59 Å². The quantitative estimate of drug-likeness (QED) is 0.363. The Morgan fingerprint density at radius 1 is 0.767 bits per heavy atom. The molecule has 0 saturated heterocycles.